The van der Waals surface area contributed by atoms with Crippen LogP contribution in [-0.2, 0) is 42.1 Å². The molecule has 1 aliphatic carbocycles. The van der Waals surface area contributed by atoms with E-state index < -0.39 is 0 Å². The molecule has 1 radical (unpaired) electrons. The third kappa shape index (κ3) is 17.2. The normalized spacial score (nSPS) is 10.3. The molecular weight excluding hydrogens is 475 g/mol. The van der Waals surface area contributed by atoms with Crippen LogP contribution >= 0.6 is 6.87 Å². The van der Waals surface area contributed by atoms with Crippen molar-refractivity contribution in [2.24, 2.45) is 0 Å². The molecule has 7 heteroatoms. The van der Waals surface area contributed by atoms with Gasteiger partial charge in [0.05, 0.1) is 0 Å². The quantitative estimate of drug-likeness (QED) is 0.281. The Hall–Kier alpha value is -0.832. The van der Waals surface area contributed by atoms with Crippen molar-refractivity contribution in [1.29, 1.82) is 0 Å². The van der Waals surface area contributed by atoms with E-state index in [0.29, 0.717) is 0 Å². The van der Waals surface area contributed by atoms with Gasteiger partial charge in [-0.1, -0.05) is 18.1 Å². The van der Waals surface area contributed by atoms with Gasteiger partial charge < -0.3 is 0 Å². The Morgan fingerprint density at radius 1 is 0.500 bits per heavy atom. The van der Waals surface area contributed by atoms with Crippen molar-refractivity contribution in [1.82, 2.24) is 0 Å². The molecular formula is C15H16O5PW. The van der Waals surface area contributed by atoms with Gasteiger partial charge in [0.1, 0.15) is 0 Å². The van der Waals surface area contributed by atoms with Crippen LogP contribution in [0.1, 0.15) is 34.6 Å². The Morgan fingerprint density at radius 2 is 0.636 bits per heavy atom. The summed E-state index contributed by atoms with van der Waals surface area (Å²) in [5.41, 5.74) is 5.87. The molecule has 0 aliphatic heterocycles. The number of rotatable bonds is 0. The van der Waals surface area contributed by atoms with E-state index in [4.69, 9.17) is 23.3 Å². The summed E-state index contributed by atoms with van der Waals surface area (Å²) in [4.78, 5) is 0. The van der Waals surface area contributed by atoms with E-state index in [-0.39, 0.29) is 0 Å². The Bertz CT molecular complexity index is 369. The zero-order valence-electron chi connectivity index (χ0n) is 12.9. The van der Waals surface area contributed by atoms with Gasteiger partial charge in [0.2, 0.25) is 0 Å². The van der Waals surface area contributed by atoms with E-state index in [1.165, 1.54) is 47.0 Å². The van der Waals surface area contributed by atoms with Gasteiger partial charge in [0.15, 0.2) is 0 Å². The maximum absolute atomic E-state index is 7.50. The summed E-state index contributed by atoms with van der Waals surface area (Å²) in [5, 5.41) is 0. The Kier molecular flexibility index (Phi) is 62.8. The number of allylic oxidation sites excluding steroid dienone is 4. The first kappa shape index (κ1) is 37.4. The van der Waals surface area contributed by atoms with Crippen LogP contribution in [0.4, 0.5) is 0 Å². The molecule has 0 bridgehead atoms. The SMILES string of the molecule is C[C]1C(C)=C(C)C(C)=C1C.[C-]#[O+].[C-]#[O+].[C-]#[O+].[C-]#[O+].[C-]#[O+].[PH]=[W]. The molecule has 0 atom stereocenters. The second-order valence-electron chi connectivity index (χ2n) is 3.12. The van der Waals surface area contributed by atoms with Crippen molar-refractivity contribution in [2.75, 3.05) is 0 Å². The Balaban J connectivity index is -0.0000000453. The molecule has 0 amide bonds. The van der Waals surface area contributed by atoms with Gasteiger partial charge in [-0.3, -0.25) is 0 Å². The molecule has 1 aliphatic rings. The monoisotopic (exact) mass is 491 g/mol. The predicted octanol–water partition coefficient (Wildman–Crippen LogP) is 3.67. The molecule has 0 saturated heterocycles. The van der Waals surface area contributed by atoms with E-state index in [1.807, 2.05) is 0 Å². The molecule has 0 aromatic rings. The third-order valence-electron chi connectivity index (χ3n) is 2.81. The molecule has 22 heavy (non-hydrogen) atoms. The molecule has 0 saturated carbocycles. The van der Waals surface area contributed by atoms with Crippen LogP contribution in [0.3, 0.4) is 0 Å². The summed E-state index contributed by atoms with van der Waals surface area (Å²) in [7, 11) is 0. The van der Waals surface area contributed by atoms with E-state index in [0.717, 1.165) is 0 Å². The average Bonchev–Trinajstić information content (AvgIpc) is 2.83. The third-order valence-corrected chi connectivity index (χ3v) is 2.81. The minimum atomic E-state index is 1.39. The first-order valence-corrected chi connectivity index (χ1v) is 9.78. The zero-order chi connectivity index (χ0) is 19.9. The fraction of sp³-hybridized carbons (Fsp3) is 0.333. The van der Waals surface area contributed by atoms with E-state index >= 15 is 0 Å². The summed E-state index contributed by atoms with van der Waals surface area (Å²) in [6.45, 7) is 36.6. The summed E-state index contributed by atoms with van der Waals surface area (Å²) in [6.07, 6.45) is 0. The Labute approximate surface area is 145 Å². The first-order chi connectivity index (χ1) is 10.6. The summed E-state index contributed by atoms with van der Waals surface area (Å²) in [5.74, 6) is 1.47. The standard InChI is InChI=1S/C10H15.5CO.HP.W/c1-6-7(2)9(4)10(5)8(6)3;5*1-2;;/h1-5H3;;;;;;1H;. The molecule has 0 N–H and O–H groups in total. The summed E-state index contributed by atoms with van der Waals surface area (Å²) >= 11 is 1.39. The van der Waals surface area contributed by atoms with Crippen molar-refractivity contribution in [3.8, 4) is 0 Å². The van der Waals surface area contributed by atoms with Gasteiger partial charge in [0, 0.05) is 5.92 Å². The molecule has 117 valence electrons. The summed E-state index contributed by atoms with van der Waals surface area (Å²) < 4.78 is 37.5. The zero-order valence-corrected chi connectivity index (χ0v) is 16.9. The minimum absolute atomic E-state index is 1.39. The topological polar surface area (TPSA) is 99.5 Å². The fourth-order valence-corrected chi connectivity index (χ4v) is 1.41. The van der Waals surface area contributed by atoms with Crippen LogP contribution in [0.2, 0.25) is 0 Å². The van der Waals surface area contributed by atoms with Crippen LogP contribution in [0, 0.1) is 39.2 Å². The summed E-state index contributed by atoms with van der Waals surface area (Å²) in [6, 6.07) is 0. The maximum atomic E-state index is 7.50. The van der Waals surface area contributed by atoms with Crippen LogP contribution < -0.4 is 0 Å². The molecule has 5 nitrogen and oxygen atoms in total. The van der Waals surface area contributed by atoms with Crippen molar-refractivity contribution in [3.05, 3.63) is 61.5 Å². The van der Waals surface area contributed by atoms with E-state index in [2.05, 4.69) is 74.7 Å². The van der Waals surface area contributed by atoms with Gasteiger partial charge in [-0.05, 0) is 38.8 Å². The van der Waals surface area contributed by atoms with Crippen molar-refractivity contribution in [2.45, 2.75) is 34.6 Å². The predicted molar refractivity (Wildman–Crippen MR) is 73.6 cm³/mol. The molecule has 0 unspecified atom stereocenters. The number of hydrogen-bond donors (Lipinski definition) is 0. The van der Waals surface area contributed by atoms with E-state index in [9.17, 15) is 0 Å². The van der Waals surface area contributed by atoms with Crippen LogP contribution in [0.25, 0.3) is 0 Å². The second-order valence-corrected chi connectivity index (χ2v) is 3.12. The first-order valence-electron chi connectivity index (χ1n) is 4.97. The Morgan fingerprint density at radius 3 is 0.682 bits per heavy atom. The molecule has 0 aromatic carbocycles. The van der Waals surface area contributed by atoms with Gasteiger partial charge in [-0.25, -0.2) is 0 Å². The molecule has 0 heterocycles. The van der Waals surface area contributed by atoms with Gasteiger partial charge in [-0.15, -0.1) is 0 Å². The van der Waals surface area contributed by atoms with Gasteiger partial charge in [0.25, 0.3) is 0 Å². The fourth-order valence-electron chi connectivity index (χ4n) is 1.41. The number of hydrogen-bond acceptors (Lipinski definition) is 0. The van der Waals surface area contributed by atoms with Crippen LogP contribution in [0.15, 0.2) is 22.3 Å². The van der Waals surface area contributed by atoms with Crippen molar-refractivity contribution < 1.29 is 42.1 Å². The molecule has 0 spiro atoms. The van der Waals surface area contributed by atoms with Crippen LogP contribution in [-0.4, -0.2) is 0 Å². The molecule has 0 aromatic heterocycles. The van der Waals surface area contributed by atoms with Crippen LogP contribution in [0.5, 0.6) is 0 Å². The second kappa shape index (κ2) is 36.9. The van der Waals surface area contributed by atoms with Gasteiger partial charge >= 0.3 is 82.2 Å². The van der Waals surface area contributed by atoms with Gasteiger partial charge in [-0.2, -0.15) is 0 Å². The molecule has 0 fully saturated rings. The van der Waals surface area contributed by atoms with E-state index in [1.54, 1.807) is 0 Å². The molecule has 1 rings (SSSR count). The van der Waals surface area contributed by atoms with Crippen molar-refractivity contribution >= 4 is 6.87 Å². The average molecular weight is 491 g/mol. The van der Waals surface area contributed by atoms with Crippen molar-refractivity contribution in [3.63, 3.8) is 0 Å².